The first-order chi connectivity index (χ1) is 7.42. The Balaban J connectivity index is 1.49. The number of nitrogens with one attached hydrogen (secondary N) is 1. The van der Waals surface area contributed by atoms with E-state index in [9.17, 15) is 0 Å². The van der Waals surface area contributed by atoms with E-state index in [0.29, 0.717) is 0 Å². The van der Waals surface area contributed by atoms with Crippen molar-refractivity contribution < 1.29 is 0 Å². The number of hydrogen-bond acceptors (Lipinski definition) is 3. The van der Waals surface area contributed by atoms with Crippen molar-refractivity contribution in [3.8, 4) is 0 Å². The standard InChI is InChI=1S/C12H18N2S/c1-3-9(4-1)7-13-8-12-14-10-5-2-6-11(10)15-12/h9,13H,1-8H2. The number of aromatic nitrogens is 1. The third kappa shape index (κ3) is 2.08. The van der Waals surface area contributed by atoms with Crippen molar-refractivity contribution in [1.29, 1.82) is 0 Å². The van der Waals surface area contributed by atoms with Gasteiger partial charge in [-0.15, -0.1) is 11.3 Å². The maximum atomic E-state index is 4.69. The Labute approximate surface area is 95.1 Å². The van der Waals surface area contributed by atoms with E-state index < -0.39 is 0 Å². The van der Waals surface area contributed by atoms with Gasteiger partial charge >= 0.3 is 0 Å². The van der Waals surface area contributed by atoms with Crippen LogP contribution in [0.1, 0.15) is 41.3 Å². The van der Waals surface area contributed by atoms with Gasteiger partial charge in [0.25, 0.3) is 0 Å². The van der Waals surface area contributed by atoms with Gasteiger partial charge in [-0.3, -0.25) is 0 Å². The lowest BCUT2D eigenvalue weighted by Crippen LogP contribution is -2.26. The van der Waals surface area contributed by atoms with Crippen LogP contribution in [0.15, 0.2) is 0 Å². The Bertz CT molecular complexity index is 320. The molecule has 0 atom stereocenters. The quantitative estimate of drug-likeness (QED) is 0.846. The fourth-order valence-electron chi connectivity index (χ4n) is 2.40. The van der Waals surface area contributed by atoms with Gasteiger partial charge in [0.15, 0.2) is 0 Å². The third-order valence-corrected chi connectivity index (χ3v) is 4.73. The minimum Gasteiger partial charge on any atom is -0.310 e. The number of hydrogen-bond donors (Lipinski definition) is 1. The molecule has 0 aromatic carbocycles. The van der Waals surface area contributed by atoms with Gasteiger partial charge < -0.3 is 5.32 Å². The molecule has 1 N–H and O–H groups in total. The van der Waals surface area contributed by atoms with E-state index in [-0.39, 0.29) is 0 Å². The van der Waals surface area contributed by atoms with Crippen molar-refractivity contribution in [3.05, 3.63) is 15.6 Å². The summed E-state index contributed by atoms with van der Waals surface area (Å²) in [5.74, 6) is 0.955. The summed E-state index contributed by atoms with van der Waals surface area (Å²) in [6, 6.07) is 0. The molecule has 15 heavy (non-hydrogen) atoms. The highest BCUT2D eigenvalue weighted by atomic mass is 32.1. The third-order valence-electron chi connectivity index (χ3n) is 3.57. The Morgan fingerprint density at radius 1 is 1.27 bits per heavy atom. The maximum Gasteiger partial charge on any atom is 0.107 e. The summed E-state index contributed by atoms with van der Waals surface area (Å²) in [7, 11) is 0. The zero-order valence-corrected chi connectivity index (χ0v) is 9.91. The molecule has 1 saturated carbocycles. The highest BCUT2D eigenvalue weighted by Gasteiger charge is 2.18. The molecule has 2 aliphatic carbocycles. The number of fused-ring (bicyclic) bond motifs is 1. The molecule has 0 bridgehead atoms. The summed E-state index contributed by atoms with van der Waals surface area (Å²) in [6.45, 7) is 2.19. The molecular weight excluding hydrogens is 204 g/mol. The van der Waals surface area contributed by atoms with Gasteiger partial charge in [0.2, 0.25) is 0 Å². The predicted molar refractivity (Wildman–Crippen MR) is 63.2 cm³/mol. The molecule has 1 aromatic rings. The largest absolute Gasteiger partial charge is 0.310 e. The lowest BCUT2D eigenvalue weighted by Gasteiger charge is -2.25. The number of nitrogens with zero attached hydrogens (tertiary/aromatic N) is 1. The molecule has 0 spiro atoms. The summed E-state index contributed by atoms with van der Waals surface area (Å²) in [6.07, 6.45) is 8.12. The van der Waals surface area contributed by atoms with Gasteiger partial charge in [-0.2, -0.15) is 0 Å². The summed E-state index contributed by atoms with van der Waals surface area (Å²) in [5.41, 5.74) is 1.39. The van der Waals surface area contributed by atoms with E-state index in [2.05, 4.69) is 10.3 Å². The molecule has 0 unspecified atom stereocenters. The van der Waals surface area contributed by atoms with Crippen molar-refractivity contribution in [2.45, 2.75) is 45.1 Å². The first-order valence-corrected chi connectivity index (χ1v) is 6.91. The molecule has 1 heterocycles. The molecule has 0 saturated heterocycles. The van der Waals surface area contributed by atoms with Crippen LogP contribution in [-0.2, 0) is 19.4 Å². The fourth-order valence-corrected chi connectivity index (χ4v) is 3.53. The Morgan fingerprint density at radius 3 is 2.93 bits per heavy atom. The number of aryl methyl sites for hydroxylation is 2. The van der Waals surface area contributed by atoms with Gasteiger partial charge in [-0.1, -0.05) is 6.42 Å². The topological polar surface area (TPSA) is 24.9 Å². The van der Waals surface area contributed by atoms with Crippen LogP contribution in [0, 0.1) is 5.92 Å². The molecule has 2 aliphatic rings. The van der Waals surface area contributed by atoms with E-state index in [1.165, 1.54) is 55.8 Å². The second-order valence-electron chi connectivity index (χ2n) is 4.76. The predicted octanol–water partition coefficient (Wildman–Crippen LogP) is 2.52. The van der Waals surface area contributed by atoms with Crippen LogP contribution >= 0.6 is 11.3 Å². The van der Waals surface area contributed by atoms with Crippen LogP contribution in [0.25, 0.3) is 0 Å². The molecule has 3 heteroatoms. The van der Waals surface area contributed by atoms with Crippen molar-refractivity contribution in [2.75, 3.05) is 6.54 Å². The summed E-state index contributed by atoms with van der Waals surface area (Å²) < 4.78 is 0. The van der Waals surface area contributed by atoms with Gasteiger partial charge in [0.1, 0.15) is 5.01 Å². The zero-order chi connectivity index (χ0) is 10.1. The van der Waals surface area contributed by atoms with Crippen molar-refractivity contribution in [3.63, 3.8) is 0 Å². The average Bonchev–Trinajstić information content (AvgIpc) is 2.68. The van der Waals surface area contributed by atoms with Crippen molar-refractivity contribution in [2.24, 2.45) is 5.92 Å². The summed E-state index contributed by atoms with van der Waals surface area (Å²) in [4.78, 5) is 6.24. The van der Waals surface area contributed by atoms with Crippen LogP contribution in [0.5, 0.6) is 0 Å². The molecule has 0 aliphatic heterocycles. The van der Waals surface area contributed by atoms with E-state index in [0.717, 1.165) is 12.5 Å². The lowest BCUT2D eigenvalue weighted by molar-refractivity contribution is 0.301. The number of rotatable bonds is 4. The van der Waals surface area contributed by atoms with Gasteiger partial charge in [-0.25, -0.2) is 4.98 Å². The second kappa shape index (κ2) is 4.22. The van der Waals surface area contributed by atoms with Gasteiger partial charge in [0, 0.05) is 11.4 Å². The SMILES string of the molecule is C1Cc2nc(CNCC3CCC3)sc2C1. The van der Waals surface area contributed by atoms with E-state index in [1.807, 2.05) is 11.3 Å². The maximum absolute atomic E-state index is 4.69. The molecule has 1 fully saturated rings. The molecule has 2 nitrogen and oxygen atoms in total. The minimum absolute atomic E-state index is 0.955. The van der Waals surface area contributed by atoms with Crippen LogP contribution in [0.4, 0.5) is 0 Å². The number of thiazole rings is 1. The van der Waals surface area contributed by atoms with Crippen molar-refractivity contribution >= 4 is 11.3 Å². The molecule has 82 valence electrons. The van der Waals surface area contributed by atoms with Crippen LogP contribution in [0.3, 0.4) is 0 Å². The first kappa shape index (κ1) is 9.79. The van der Waals surface area contributed by atoms with Gasteiger partial charge in [-0.05, 0) is 44.6 Å². The van der Waals surface area contributed by atoms with Crippen LogP contribution in [0.2, 0.25) is 0 Å². The average molecular weight is 222 g/mol. The molecular formula is C12H18N2S. The Morgan fingerprint density at radius 2 is 2.20 bits per heavy atom. The van der Waals surface area contributed by atoms with Crippen LogP contribution in [-0.4, -0.2) is 11.5 Å². The monoisotopic (exact) mass is 222 g/mol. The van der Waals surface area contributed by atoms with E-state index >= 15 is 0 Å². The molecule has 0 amide bonds. The first-order valence-electron chi connectivity index (χ1n) is 6.10. The molecule has 0 radical (unpaired) electrons. The smallest absolute Gasteiger partial charge is 0.107 e. The highest BCUT2D eigenvalue weighted by molar-refractivity contribution is 7.11. The summed E-state index contributed by atoms with van der Waals surface area (Å²) >= 11 is 1.93. The minimum atomic E-state index is 0.955. The lowest BCUT2D eigenvalue weighted by atomic mass is 9.85. The Kier molecular flexibility index (Phi) is 2.76. The molecule has 3 rings (SSSR count). The molecule has 1 aromatic heterocycles. The highest BCUT2D eigenvalue weighted by Crippen LogP contribution is 2.28. The fraction of sp³-hybridized carbons (Fsp3) is 0.750. The normalized spacial score (nSPS) is 20.3. The van der Waals surface area contributed by atoms with Gasteiger partial charge in [0.05, 0.1) is 5.69 Å². The summed E-state index contributed by atoms with van der Waals surface area (Å²) in [5, 5.41) is 4.84. The van der Waals surface area contributed by atoms with E-state index in [1.54, 1.807) is 4.88 Å². The van der Waals surface area contributed by atoms with Crippen molar-refractivity contribution in [1.82, 2.24) is 10.3 Å². The van der Waals surface area contributed by atoms with E-state index in [4.69, 9.17) is 0 Å². The Hall–Kier alpha value is -0.410. The zero-order valence-electron chi connectivity index (χ0n) is 9.09. The van der Waals surface area contributed by atoms with Crippen LogP contribution < -0.4 is 5.32 Å². The second-order valence-corrected chi connectivity index (χ2v) is 5.93.